The third-order valence-electron chi connectivity index (χ3n) is 6.06. The lowest BCUT2D eigenvalue weighted by Gasteiger charge is -2.31. The fraction of sp³-hybridized carbons (Fsp3) is 0.320. The predicted octanol–water partition coefficient (Wildman–Crippen LogP) is 4.27. The van der Waals surface area contributed by atoms with Crippen LogP contribution in [0.2, 0.25) is 0 Å². The Morgan fingerprint density at radius 3 is 2.34 bits per heavy atom. The summed E-state index contributed by atoms with van der Waals surface area (Å²) in [4.78, 5) is 13.5. The zero-order chi connectivity index (χ0) is 23.0. The van der Waals surface area contributed by atoms with E-state index in [0.29, 0.717) is 11.1 Å². The Balaban J connectivity index is 1.82. The van der Waals surface area contributed by atoms with Crippen LogP contribution in [0.15, 0.2) is 45.8 Å². The van der Waals surface area contributed by atoms with Gasteiger partial charge in [0.2, 0.25) is 5.43 Å². The van der Waals surface area contributed by atoms with Crippen LogP contribution in [-0.4, -0.2) is 32.6 Å². The third kappa shape index (κ3) is 3.08. The molecule has 5 rings (SSSR count). The van der Waals surface area contributed by atoms with Crippen molar-refractivity contribution in [1.82, 2.24) is 0 Å². The number of hydrogen-bond donors (Lipinski definition) is 3. The molecule has 0 bridgehead atoms. The number of benzene rings is 2. The number of aliphatic hydroxyl groups is 1. The van der Waals surface area contributed by atoms with Gasteiger partial charge in [0.1, 0.15) is 46.7 Å². The van der Waals surface area contributed by atoms with Crippen molar-refractivity contribution >= 4 is 17.0 Å². The lowest BCUT2D eigenvalue weighted by atomic mass is 9.90. The summed E-state index contributed by atoms with van der Waals surface area (Å²) in [6.07, 6.45) is 3.11. The Morgan fingerprint density at radius 2 is 1.72 bits per heavy atom. The molecule has 1 fully saturated rings. The van der Waals surface area contributed by atoms with E-state index in [1.807, 2.05) is 27.7 Å². The smallest absolute Gasteiger partial charge is 0.204 e. The molecule has 1 saturated heterocycles. The summed E-state index contributed by atoms with van der Waals surface area (Å²) in [7, 11) is 0. The largest absolute Gasteiger partial charge is 0.508 e. The fourth-order valence-corrected chi connectivity index (χ4v) is 4.22. The van der Waals surface area contributed by atoms with Crippen LogP contribution in [-0.2, 0) is 4.74 Å². The molecule has 2 aliphatic rings. The van der Waals surface area contributed by atoms with E-state index in [1.165, 1.54) is 18.4 Å². The summed E-state index contributed by atoms with van der Waals surface area (Å²) in [5, 5.41) is 31.8. The fourth-order valence-electron chi connectivity index (χ4n) is 4.22. The maximum Gasteiger partial charge on any atom is 0.204 e. The second-order valence-electron chi connectivity index (χ2n) is 9.36. The molecule has 0 spiro atoms. The molecule has 3 N–H and O–H groups in total. The Bertz CT molecular complexity index is 1330. The van der Waals surface area contributed by atoms with Crippen LogP contribution in [0.1, 0.15) is 44.9 Å². The van der Waals surface area contributed by atoms with Crippen molar-refractivity contribution in [2.24, 2.45) is 0 Å². The molecule has 2 unspecified atom stereocenters. The van der Waals surface area contributed by atoms with Crippen LogP contribution < -0.4 is 10.2 Å². The van der Waals surface area contributed by atoms with Crippen LogP contribution in [0, 0.1) is 0 Å². The van der Waals surface area contributed by atoms with Crippen molar-refractivity contribution in [3.8, 4) is 28.4 Å². The topological polar surface area (TPSA) is 113 Å². The molecule has 3 heterocycles. The lowest BCUT2D eigenvalue weighted by Crippen LogP contribution is -2.29. The number of rotatable bonds is 3. The van der Waals surface area contributed by atoms with Gasteiger partial charge in [0.05, 0.1) is 22.3 Å². The first kappa shape index (κ1) is 20.6. The number of epoxide rings is 1. The van der Waals surface area contributed by atoms with E-state index in [0.717, 1.165) is 0 Å². The standard InChI is InChI=1S/C25H24O7/c1-24(2)10-9-14-18(27)16-19(28)15(12-5-7-13(26)8-6-12)11-30-22(16)17(21(14)31-24)20(29)23-25(3,4)32-23/h5-11,20,23,26-27,29H,1-4H3. The molecular formula is C25H24O7. The van der Waals surface area contributed by atoms with Gasteiger partial charge in [0, 0.05) is 0 Å². The maximum atomic E-state index is 13.5. The molecule has 0 radical (unpaired) electrons. The number of hydrogen-bond acceptors (Lipinski definition) is 7. The van der Waals surface area contributed by atoms with Crippen LogP contribution >= 0.6 is 0 Å². The molecule has 3 aromatic rings. The van der Waals surface area contributed by atoms with Gasteiger partial charge in [-0.15, -0.1) is 0 Å². The molecule has 2 aliphatic heterocycles. The molecular weight excluding hydrogens is 412 g/mol. The lowest BCUT2D eigenvalue weighted by molar-refractivity contribution is 0.118. The van der Waals surface area contributed by atoms with Crippen LogP contribution in [0.25, 0.3) is 28.2 Å². The molecule has 0 saturated carbocycles. The second-order valence-corrected chi connectivity index (χ2v) is 9.36. The van der Waals surface area contributed by atoms with E-state index in [4.69, 9.17) is 13.9 Å². The molecule has 1 aromatic heterocycles. The average Bonchev–Trinajstić information content (AvgIpc) is 3.36. The van der Waals surface area contributed by atoms with Crippen LogP contribution in [0.3, 0.4) is 0 Å². The van der Waals surface area contributed by atoms with Gasteiger partial charge in [-0.1, -0.05) is 12.1 Å². The average molecular weight is 436 g/mol. The first-order valence-electron chi connectivity index (χ1n) is 10.4. The van der Waals surface area contributed by atoms with Crippen molar-refractivity contribution < 1.29 is 29.2 Å². The highest BCUT2D eigenvalue weighted by molar-refractivity contribution is 5.96. The number of aliphatic hydroxyl groups excluding tert-OH is 1. The van der Waals surface area contributed by atoms with E-state index in [1.54, 1.807) is 24.3 Å². The molecule has 0 amide bonds. The summed E-state index contributed by atoms with van der Waals surface area (Å²) in [5.41, 5.74) is -0.306. The summed E-state index contributed by atoms with van der Waals surface area (Å²) >= 11 is 0. The summed E-state index contributed by atoms with van der Waals surface area (Å²) in [6, 6.07) is 6.10. The van der Waals surface area contributed by atoms with Gasteiger partial charge in [0.25, 0.3) is 0 Å². The van der Waals surface area contributed by atoms with Gasteiger partial charge < -0.3 is 29.2 Å². The molecule has 2 aromatic carbocycles. The number of aromatic hydroxyl groups is 2. The Hall–Kier alpha value is -3.29. The second kappa shape index (κ2) is 6.60. The molecule has 32 heavy (non-hydrogen) atoms. The van der Waals surface area contributed by atoms with Crippen molar-refractivity contribution in [3.05, 3.63) is 58.0 Å². The van der Waals surface area contributed by atoms with Gasteiger partial charge in [-0.3, -0.25) is 4.79 Å². The van der Waals surface area contributed by atoms with Gasteiger partial charge in [0.15, 0.2) is 5.58 Å². The van der Waals surface area contributed by atoms with Gasteiger partial charge in [-0.25, -0.2) is 0 Å². The van der Waals surface area contributed by atoms with Crippen molar-refractivity contribution in [2.75, 3.05) is 0 Å². The first-order chi connectivity index (χ1) is 15.0. The monoisotopic (exact) mass is 436 g/mol. The Labute approximate surface area is 184 Å². The van der Waals surface area contributed by atoms with E-state index in [2.05, 4.69) is 0 Å². The van der Waals surface area contributed by atoms with E-state index >= 15 is 0 Å². The zero-order valence-corrected chi connectivity index (χ0v) is 18.2. The highest BCUT2D eigenvalue weighted by Crippen LogP contribution is 2.52. The van der Waals surface area contributed by atoms with Crippen molar-refractivity contribution in [1.29, 1.82) is 0 Å². The highest BCUT2D eigenvalue weighted by atomic mass is 16.6. The molecule has 0 aliphatic carbocycles. The predicted molar refractivity (Wildman–Crippen MR) is 119 cm³/mol. The van der Waals surface area contributed by atoms with Crippen molar-refractivity contribution in [2.45, 2.75) is 51.1 Å². The normalized spacial score (nSPS) is 21.1. The third-order valence-corrected chi connectivity index (χ3v) is 6.06. The summed E-state index contributed by atoms with van der Waals surface area (Å²) in [5.74, 6) is 0.0584. The summed E-state index contributed by atoms with van der Waals surface area (Å²) < 4.78 is 17.6. The maximum absolute atomic E-state index is 13.5. The number of fused-ring (bicyclic) bond motifs is 2. The van der Waals surface area contributed by atoms with Gasteiger partial charge in [-0.2, -0.15) is 0 Å². The number of phenolic OH excluding ortho intramolecular Hbond substituents is 2. The quantitative estimate of drug-likeness (QED) is 0.526. The van der Waals surface area contributed by atoms with Gasteiger partial charge in [-0.05, 0) is 57.5 Å². The van der Waals surface area contributed by atoms with E-state index < -0.39 is 28.8 Å². The minimum atomic E-state index is -1.13. The van der Waals surface area contributed by atoms with Crippen LogP contribution in [0.5, 0.6) is 17.2 Å². The molecule has 7 nitrogen and oxygen atoms in total. The molecule has 166 valence electrons. The van der Waals surface area contributed by atoms with E-state index in [9.17, 15) is 20.1 Å². The first-order valence-corrected chi connectivity index (χ1v) is 10.4. The minimum absolute atomic E-state index is 0.0465. The summed E-state index contributed by atoms with van der Waals surface area (Å²) in [6.45, 7) is 7.43. The number of ether oxygens (including phenoxy) is 2. The zero-order valence-electron chi connectivity index (χ0n) is 18.2. The molecule has 2 atom stereocenters. The Morgan fingerprint density at radius 1 is 1.06 bits per heavy atom. The number of phenols is 2. The Kier molecular flexibility index (Phi) is 4.25. The van der Waals surface area contributed by atoms with Crippen LogP contribution in [0.4, 0.5) is 0 Å². The van der Waals surface area contributed by atoms with Gasteiger partial charge >= 0.3 is 0 Å². The van der Waals surface area contributed by atoms with Crippen molar-refractivity contribution in [3.63, 3.8) is 0 Å². The minimum Gasteiger partial charge on any atom is -0.508 e. The van der Waals surface area contributed by atoms with E-state index in [-0.39, 0.29) is 39.3 Å². The molecule has 7 heteroatoms. The highest BCUT2D eigenvalue weighted by Gasteiger charge is 2.54. The SMILES string of the molecule is CC1(C)C=Cc2c(c(C(O)C3OC3(C)C)c3occ(-c4ccc(O)cc4)c(=O)c3c2O)O1.